The zero-order chi connectivity index (χ0) is 21.1. The molecule has 30 heavy (non-hydrogen) atoms. The molecule has 2 aromatic heterocycles. The summed E-state index contributed by atoms with van der Waals surface area (Å²) in [5, 5.41) is 6.77. The molecule has 0 fully saturated rings. The van der Waals surface area contributed by atoms with Crippen LogP contribution in [0, 0.1) is 6.92 Å². The molecule has 3 heterocycles. The number of aromatic nitrogens is 3. The van der Waals surface area contributed by atoms with Gasteiger partial charge in [-0.15, -0.1) is 0 Å². The lowest BCUT2D eigenvalue weighted by molar-refractivity contribution is 0.0731. The Morgan fingerprint density at radius 1 is 1.17 bits per heavy atom. The summed E-state index contributed by atoms with van der Waals surface area (Å²) in [6, 6.07) is 9.67. The minimum absolute atomic E-state index is 0.0246. The van der Waals surface area contributed by atoms with Crippen LogP contribution in [-0.4, -0.2) is 49.9 Å². The third kappa shape index (κ3) is 3.83. The maximum absolute atomic E-state index is 13.3. The molecule has 4 rings (SSSR count). The first-order valence-electron chi connectivity index (χ1n) is 10.2. The Bertz CT molecular complexity index is 1060. The van der Waals surface area contributed by atoms with Gasteiger partial charge in [-0.25, -0.2) is 0 Å². The topological polar surface area (TPSA) is 82.2 Å². The number of rotatable bonds is 5. The fraction of sp³-hybridized carbons (Fsp3) is 0.304. The number of hydrogen-bond donors (Lipinski definition) is 1. The molecule has 1 aromatic carbocycles. The average Bonchev–Trinajstić information content (AvgIpc) is 3.22. The number of nitrogens with one attached hydrogen (secondary N) is 1. The van der Waals surface area contributed by atoms with Crippen molar-refractivity contribution in [1.82, 2.24) is 25.0 Å². The first-order chi connectivity index (χ1) is 14.6. The van der Waals surface area contributed by atoms with Gasteiger partial charge in [0.25, 0.3) is 11.8 Å². The van der Waals surface area contributed by atoms with E-state index in [0.717, 1.165) is 27.9 Å². The van der Waals surface area contributed by atoms with Gasteiger partial charge in [0.05, 0.1) is 11.8 Å². The molecule has 3 aromatic rings. The van der Waals surface area contributed by atoms with Gasteiger partial charge in [0.1, 0.15) is 0 Å². The minimum atomic E-state index is -0.0310. The van der Waals surface area contributed by atoms with Gasteiger partial charge < -0.3 is 9.80 Å². The molecule has 7 heteroatoms. The van der Waals surface area contributed by atoms with Crippen LogP contribution in [0.15, 0.2) is 48.9 Å². The van der Waals surface area contributed by atoms with Crippen molar-refractivity contribution in [2.45, 2.75) is 33.4 Å². The van der Waals surface area contributed by atoms with Crippen LogP contribution in [0.25, 0.3) is 0 Å². The van der Waals surface area contributed by atoms with Crippen molar-refractivity contribution < 1.29 is 9.59 Å². The van der Waals surface area contributed by atoms with Crippen LogP contribution in [0.1, 0.15) is 50.0 Å². The number of pyridine rings is 1. The Morgan fingerprint density at radius 3 is 2.67 bits per heavy atom. The van der Waals surface area contributed by atoms with Gasteiger partial charge in [-0.1, -0.05) is 12.1 Å². The molecule has 1 N–H and O–H groups in total. The number of fused-ring (bicyclic) bond motifs is 1. The molecule has 154 valence electrons. The van der Waals surface area contributed by atoms with E-state index in [1.807, 2.05) is 54.0 Å². The fourth-order valence-electron chi connectivity index (χ4n) is 3.93. The molecule has 1 aliphatic rings. The fourth-order valence-corrected chi connectivity index (χ4v) is 3.93. The Labute approximate surface area is 175 Å². The summed E-state index contributed by atoms with van der Waals surface area (Å²) in [6.45, 7) is 6.08. The number of carbonyl (C=O) groups is 2. The highest BCUT2D eigenvalue weighted by molar-refractivity contribution is 5.97. The lowest BCUT2D eigenvalue weighted by Gasteiger charge is -2.31. The quantitative estimate of drug-likeness (QED) is 0.710. The van der Waals surface area contributed by atoms with Crippen molar-refractivity contribution in [3.63, 3.8) is 0 Å². The number of aryl methyl sites for hydroxylation is 1. The summed E-state index contributed by atoms with van der Waals surface area (Å²) < 4.78 is 0. The summed E-state index contributed by atoms with van der Waals surface area (Å²) in [7, 11) is 0. The van der Waals surface area contributed by atoms with Crippen LogP contribution in [-0.2, 0) is 19.5 Å². The number of benzene rings is 1. The molecule has 7 nitrogen and oxygen atoms in total. The average molecular weight is 403 g/mol. The molecule has 0 atom stereocenters. The van der Waals surface area contributed by atoms with E-state index in [-0.39, 0.29) is 11.8 Å². The van der Waals surface area contributed by atoms with Gasteiger partial charge in [-0.3, -0.25) is 19.7 Å². The molecule has 0 bridgehead atoms. The number of hydrogen-bond acceptors (Lipinski definition) is 4. The standard InChI is InChI=1S/C23H25N5O2/c1-3-27(14-17-7-10-24-11-8-17)22(29)20-6-4-5-18-15-28(12-9-19(18)20)23(30)21-13-25-26-16(21)2/h4-8,10-11,13H,3,9,12,14-15H2,1-2H3,(H,25,26). The van der Waals surface area contributed by atoms with Crippen molar-refractivity contribution >= 4 is 11.8 Å². The van der Waals surface area contributed by atoms with Crippen LogP contribution in [0.4, 0.5) is 0 Å². The Balaban J connectivity index is 1.55. The normalized spacial score (nSPS) is 13.1. The first kappa shape index (κ1) is 19.8. The number of carbonyl (C=O) groups excluding carboxylic acids is 2. The summed E-state index contributed by atoms with van der Waals surface area (Å²) in [5.41, 5.74) is 5.22. The van der Waals surface area contributed by atoms with Gasteiger partial charge in [0, 0.05) is 49.8 Å². The third-order valence-electron chi connectivity index (χ3n) is 5.64. The van der Waals surface area contributed by atoms with Crippen molar-refractivity contribution in [2.24, 2.45) is 0 Å². The lowest BCUT2D eigenvalue weighted by Crippen LogP contribution is -2.38. The SMILES string of the molecule is CCN(Cc1ccncc1)C(=O)c1cccc2c1CCN(C(=O)c1cn[nH]c1C)C2. The van der Waals surface area contributed by atoms with Crippen molar-refractivity contribution in [1.29, 1.82) is 0 Å². The molecular weight excluding hydrogens is 378 g/mol. The van der Waals surface area contributed by atoms with Crippen molar-refractivity contribution in [2.75, 3.05) is 13.1 Å². The van der Waals surface area contributed by atoms with E-state index in [4.69, 9.17) is 0 Å². The van der Waals surface area contributed by atoms with E-state index in [1.165, 1.54) is 0 Å². The summed E-state index contributed by atoms with van der Waals surface area (Å²) >= 11 is 0. The Kier molecular flexibility index (Phi) is 5.61. The van der Waals surface area contributed by atoms with E-state index in [0.29, 0.717) is 38.2 Å². The zero-order valence-corrected chi connectivity index (χ0v) is 17.3. The highest BCUT2D eigenvalue weighted by Gasteiger charge is 2.27. The minimum Gasteiger partial charge on any atom is -0.335 e. The maximum Gasteiger partial charge on any atom is 0.257 e. The molecule has 0 unspecified atom stereocenters. The molecule has 0 aliphatic carbocycles. The predicted octanol–water partition coefficient (Wildman–Crippen LogP) is 2.97. The second-order valence-corrected chi connectivity index (χ2v) is 7.50. The Morgan fingerprint density at radius 2 is 1.97 bits per heavy atom. The summed E-state index contributed by atoms with van der Waals surface area (Å²) in [6.07, 6.45) is 5.72. The van der Waals surface area contributed by atoms with Gasteiger partial charge >= 0.3 is 0 Å². The van der Waals surface area contributed by atoms with Crippen LogP contribution >= 0.6 is 0 Å². The maximum atomic E-state index is 13.3. The number of nitrogens with zero attached hydrogens (tertiary/aromatic N) is 4. The second kappa shape index (κ2) is 8.49. The van der Waals surface area contributed by atoms with E-state index in [9.17, 15) is 9.59 Å². The van der Waals surface area contributed by atoms with Crippen LogP contribution in [0.3, 0.4) is 0 Å². The predicted molar refractivity (Wildman–Crippen MR) is 113 cm³/mol. The first-order valence-corrected chi connectivity index (χ1v) is 10.2. The zero-order valence-electron chi connectivity index (χ0n) is 17.3. The van der Waals surface area contributed by atoms with E-state index in [2.05, 4.69) is 15.2 Å². The number of amides is 2. The molecular formula is C23H25N5O2. The highest BCUT2D eigenvalue weighted by Crippen LogP contribution is 2.25. The molecule has 0 radical (unpaired) electrons. The summed E-state index contributed by atoms with van der Waals surface area (Å²) in [5.74, 6) is -0.00637. The second-order valence-electron chi connectivity index (χ2n) is 7.50. The van der Waals surface area contributed by atoms with Gasteiger partial charge in [-0.05, 0) is 55.2 Å². The molecule has 0 spiro atoms. The largest absolute Gasteiger partial charge is 0.335 e. The van der Waals surface area contributed by atoms with Gasteiger partial charge in [-0.2, -0.15) is 5.10 Å². The molecule has 1 aliphatic heterocycles. The smallest absolute Gasteiger partial charge is 0.257 e. The summed E-state index contributed by atoms with van der Waals surface area (Å²) in [4.78, 5) is 33.9. The van der Waals surface area contributed by atoms with Gasteiger partial charge in [0.2, 0.25) is 0 Å². The molecule has 0 saturated carbocycles. The molecule has 0 saturated heterocycles. The van der Waals surface area contributed by atoms with Crippen molar-refractivity contribution in [3.05, 3.63) is 82.4 Å². The van der Waals surface area contributed by atoms with Crippen LogP contribution in [0.2, 0.25) is 0 Å². The number of aromatic amines is 1. The van der Waals surface area contributed by atoms with E-state index in [1.54, 1.807) is 18.6 Å². The van der Waals surface area contributed by atoms with Crippen LogP contribution < -0.4 is 0 Å². The monoisotopic (exact) mass is 403 g/mol. The third-order valence-corrected chi connectivity index (χ3v) is 5.64. The van der Waals surface area contributed by atoms with E-state index < -0.39 is 0 Å². The van der Waals surface area contributed by atoms with Crippen LogP contribution in [0.5, 0.6) is 0 Å². The Hall–Kier alpha value is -3.48. The molecule has 2 amide bonds. The highest BCUT2D eigenvalue weighted by atomic mass is 16.2. The lowest BCUT2D eigenvalue weighted by atomic mass is 9.93. The van der Waals surface area contributed by atoms with E-state index >= 15 is 0 Å². The van der Waals surface area contributed by atoms with Gasteiger partial charge in [0.15, 0.2) is 0 Å². The number of H-pyrrole nitrogens is 1. The van der Waals surface area contributed by atoms with Crippen molar-refractivity contribution in [3.8, 4) is 0 Å².